The summed E-state index contributed by atoms with van der Waals surface area (Å²) in [6.07, 6.45) is 1.53. The number of hydrogen-bond donors (Lipinski definition) is 1. The first-order valence-corrected chi connectivity index (χ1v) is 6.24. The number of nitrogens with one attached hydrogen (secondary N) is 1. The Labute approximate surface area is 114 Å². The summed E-state index contributed by atoms with van der Waals surface area (Å²) >= 11 is 3.51. The van der Waals surface area contributed by atoms with E-state index < -0.39 is 0 Å². The lowest BCUT2D eigenvalue weighted by atomic mass is 10.1. The van der Waals surface area contributed by atoms with Crippen LogP contribution in [-0.4, -0.2) is 21.8 Å². The highest BCUT2D eigenvalue weighted by Crippen LogP contribution is 2.24. The van der Waals surface area contributed by atoms with Gasteiger partial charge >= 0.3 is 0 Å². The second kappa shape index (κ2) is 5.29. The zero-order valence-corrected chi connectivity index (χ0v) is 11.6. The summed E-state index contributed by atoms with van der Waals surface area (Å²) in [5.41, 5.74) is 2.03. The first-order valence-electron chi connectivity index (χ1n) is 5.44. The van der Waals surface area contributed by atoms with Crippen LogP contribution in [0.15, 0.2) is 29.0 Å². The molecule has 0 aliphatic rings. The van der Waals surface area contributed by atoms with Gasteiger partial charge in [-0.1, -0.05) is 6.07 Å². The number of benzene rings is 1. The van der Waals surface area contributed by atoms with Crippen LogP contribution in [0.3, 0.4) is 0 Å². The summed E-state index contributed by atoms with van der Waals surface area (Å²) in [5.74, 6) is 0.162. The lowest BCUT2D eigenvalue weighted by Gasteiger charge is -2.12. The molecule has 1 aromatic heterocycles. The van der Waals surface area contributed by atoms with Gasteiger partial charge in [0, 0.05) is 10.5 Å². The van der Waals surface area contributed by atoms with E-state index in [1.54, 1.807) is 4.68 Å². The monoisotopic (exact) mass is 305 g/mol. The van der Waals surface area contributed by atoms with Gasteiger partial charge in [0.15, 0.2) is 0 Å². The molecule has 2 aromatic rings. The molecule has 0 saturated carbocycles. The molecule has 92 valence electrons. The van der Waals surface area contributed by atoms with E-state index in [1.807, 2.05) is 31.3 Å². The van der Waals surface area contributed by atoms with Crippen LogP contribution in [0.25, 0.3) is 5.69 Å². The second-order valence-electron chi connectivity index (χ2n) is 3.85. The molecule has 1 heterocycles. The van der Waals surface area contributed by atoms with Crippen molar-refractivity contribution >= 4 is 15.9 Å². The van der Waals surface area contributed by atoms with Gasteiger partial charge < -0.3 is 5.32 Å². The fourth-order valence-electron chi connectivity index (χ4n) is 1.58. The summed E-state index contributed by atoms with van der Waals surface area (Å²) < 4.78 is 2.49. The molecular formula is C12H12BrN5. The standard InChI is InChI=1S/C12H12BrN5/c1-8(15-2)9-3-4-11(10(13)5-9)18-7-16-12(6-14)17-18/h3-5,7-8,15H,1-2H3. The van der Waals surface area contributed by atoms with Crippen LogP contribution in [0.2, 0.25) is 0 Å². The maximum absolute atomic E-state index is 8.71. The van der Waals surface area contributed by atoms with Gasteiger partial charge in [0.05, 0.1) is 5.69 Å². The summed E-state index contributed by atoms with van der Waals surface area (Å²) in [7, 11) is 1.92. The highest BCUT2D eigenvalue weighted by Gasteiger charge is 2.09. The molecule has 1 aromatic carbocycles. The maximum atomic E-state index is 8.71. The molecule has 0 bridgehead atoms. The molecule has 5 nitrogen and oxygen atoms in total. The number of rotatable bonds is 3. The predicted octanol–water partition coefficient (Wildman–Crippen LogP) is 2.18. The Bertz CT molecular complexity index is 599. The predicted molar refractivity (Wildman–Crippen MR) is 71.2 cm³/mol. The Hall–Kier alpha value is -1.71. The smallest absolute Gasteiger partial charge is 0.252 e. The van der Waals surface area contributed by atoms with E-state index >= 15 is 0 Å². The fraction of sp³-hybridized carbons (Fsp3) is 0.250. The van der Waals surface area contributed by atoms with Crippen molar-refractivity contribution in [2.45, 2.75) is 13.0 Å². The van der Waals surface area contributed by atoms with Crippen molar-refractivity contribution in [1.82, 2.24) is 20.1 Å². The van der Waals surface area contributed by atoms with E-state index in [-0.39, 0.29) is 11.9 Å². The largest absolute Gasteiger partial charge is 0.313 e. The molecule has 0 fully saturated rings. The number of hydrogen-bond acceptors (Lipinski definition) is 4. The molecule has 2 rings (SSSR count). The summed E-state index contributed by atoms with van der Waals surface area (Å²) in [4.78, 5) is 3.88. The molecule has 18 heavy (non-hydrogen) atoms. The quantitative estimate of drug-likeness (QED) is 0.944. The average Bonchev–Trinajstić information content (AvgIpc) is 2.86. The van der Waals surface area contributed by atoms with Crippen molar-refractivity contribution in [2.75, 3.05) is 7.05 Å². The molecule has 0 saturated heterocycles. The van der Waals surface area contributed by atoms with E-state index in [2.05, 4.69) is 38.3 Å². The zero-order chi connectivity index (χ0) is 13.1. The Kier molecular flexibility index (Phi) is 3.75. The van der Waals surface area contributed by atoms with E-state index in [0.717, 1.165) is 10.2 Å². The van der Waals surface area contributed by atoms with E-state index in [4.69, 9.17) is 5.26 Å². The minimum Gasteiger partial charge on any atom is -0.313 e. The number of nitriles is 1. The van der Waals surface area contributed by atoms with Gasteiger partial charge in [0.25, 0.3) is 5.82 Å². The summed E-state index contributed by atoms with van der Waals surface area (Å²) in [6, 6.07) is 8.19. The molecule has 1 N–H and O–H groups in total. The zero-order valence-electron chi connectivity index (χ0n) is 10.1. The van der Waals surface area contributed by atoms with E-state index in [9.17, 15) is 0 Å². The van der Waals surface area contributed by atoms with Crippen LogP contribution >= 0.6 is 15.9 Å². The Morgan fingerprint density at radius 1 is 1.50 bits per heavy atom. The molecule has 0 aliphatic carbocycles. The van der Waals surface area contributed by atoms with E-state index in [0.29, 0.717) is 0 Å². The lowest BCUT2D eigenvalue weighted by molar-refractivity contribution is 0.651. The van der Waals surface area contributed by atoms with E-state index in [1.165, 1.54) is 11.9 Å². The minimum atomic E-state index is 0.162. The second-order valence-corrected chi connectivity index (χ2v) is 4.70. The van der Waals surface area contributed by atoms with Crippen LogP contribution in [0.4, 0.5) is 0 Å². The molecule has 0 spiro atoms. The Morgan fingerprint density at radius 3 is 2.83 bits per heavy atom. The van der Waals surface area contributed by atoms with Gasteiger partial charge in [-0.2, -0.15) is 5.26 Å². The van der Waals surface area contributed by atoms with Crippen LogP contribution in [-0.2, 0) is 0 Å². The van der Waals surface area contributed by atoms with Crippen LogP contribution in [0, 0.1) is 11.3 Å². The average molecular weight is 306 g/mol. The van der Waals surface area contributed by atoms with Gasteiger partial charge in [-0.15, -0.1) is 5.10 Å². The van der Waals surface area contributed by atoms with Crippen molar-refractivity contribution < 1.29 is 0 Å². The summed E-state index contributed by atoms with van der Waals surface area (Å²) in [5, 5.41) is 15.9. The molecule has 0 amide bonds. The number of halogens is 1. The lowest BCUT2D eigenvalue weighted by Crippen LogP contribution is -2.12. The third-order valence-electron chi connectivity index (χ3n) is 2.74. The van der Waals surface area contributed by atoms with Crippen molar-refractivity contribution in [3.8, 4) is 11.8 Å². The highest BCUT2D eigenvalue weighted by molar-refractivity contribution is 9.10. The molecule has 0 aliphatic heterocycles. The normalized spacial score (nSPS) is 12.1. The van der Waals surface area contributed by atoms with Crippen LogP contribution < -0.4 is 5.32 Å². The van der Waals surface area contributed by atoms with Crippen molar-refractivity contribution in [3.63, 3.8) is 0 Å². The number of aromatic nitrogens is 3. The highest BCUT2D eigenvalue weighted by atomic mass is 79.9. The Balaban J connectivity index is 2.38. The third kappa shape index (κ3) is 2.42. The SMILES string of the molecule is CNC(C)c1ccc(-n2cnc(C#N)n2)c(Br)c1. The molecule has 0 radical (unpaired) electrons. The van der Waals surface area contributed by atoms with Crippen molar-refractivity contribution in [2.24, 2.45) is 0 Å². The van der Waals surface area contributed by atoms with Gasteiger partial charge in [-0.3, -0.25) is 0 Å². The molecular weight excluding hydrogens is 294 g/mol. The minimum absolute atomic E-state index is 0.162. The van der Waals surface area contributed by atoms with Gasteiger partial charge in [0.2, 0.25) is 0 Å². The fourth-order valence-corrected chi connectivity index (χ4v) is 2.15. The Morgan fingerprint density at radius 2 is 2.28 bits per heavy atom. The topological polar surface area (TPSA) is 66.5 Å². The molecule has 6 heteroatoms. The van der Waals surface area contributed by atoms with Crippen molar-refractivity contribution in [3.05, 3.63) is 40.4 Å². The summed E-state index contributed by atoms with van der Waals surface area (Å²) in [6.45, 7) is 2.09. The van der Waals surface area contributed by atoms with Gasteiger partial charge in [-0.25, -0.2) is 9.67 Å². The number of nitrogens with zero attached hydrogens (tertiary/aromatic N) is 4. The van der Waals surface area contributed by atoms with Crippen molar-refractivity contribution in [1.29, 1.82) is 5.26 Å². The first-order chi connectivity index (χ1) is 8.65. The van der Waals surface area contributed by atoms with Gasteiger partial charge in [-0.05, 0) is 47.6 Å². The third-order valence-corrected chi connectivity index (χ3v) is 3.38. The van der Waals surface area contributed by atoms with Gasteiger partial charge in [0.1, 0.15) is 12.4 Å². The van der Waals surface area contributed by atoms with Crippen LogP contribution in [0.1, 0.15) is 24.4 Å². The maximum Gasteiger partial charge on any atom is 0.252 e. The molecule has 1 unspecified atom stereocenters. The van der Waals surface area contributed by atoms with Crippen LogP contribution in [0.5, 0.6) is 0 Å². The first kappa shape index (κ1) is 12.7. The molecule has 1 atom stereocenters.